The monoisotopic (exact) mass is 318 g/mol. The van der Waals surface area contributed by atoms with Crippen LogP contribution in [0.4, 0.5) is 0 Å². The molecular weight excluding hydrogens is 308 g/mol. The zero-order valence-corrected chi connectivity index (χ0v) is 10.7. The van der Waals surface area contributed by atoms with Gasteiger partial charge in [0.25, 0.3) is 0 Å². The maximum atomic E-state index is 10.8. The van der Waals surface area contributed by atoms with Crippen molar-refractivity contribution in [3.63, 3.8) is 0 Å². The Morgan fingerprint density at radius 2 is 1.78 bits per heavy atom. The molecule has 0 radical (unpaired) electrons. The van der Waals surface area contributed by atoms with E-state index in [0.717, 1.165) is 0 Å². The van der Waals surface area contributed by atoms with Gasteiger partial charge >= 0.3 is 11.9 Å². The number of carboxylic acid groups (broad SMARTS) is 2. The molecule has 0 amide bonds. The van der Waals surface area contributed by atoms with E-state index in [-0.39, 0.29) is 11.1 Å². The molecule has 0 aliphatic heterocycles. The zero-order chi connectivity index (χ0) is 13.9. The molecule has 0 saturated carbocycles. The van der Waals surface area contributed by atoms with E-state index in [4.69, 9.17) is 10.2 Å². The Bertz CT molecular complexity index is 473. The molecule has 0 aliphatic rings. The zero-order valence-electron chi connectivity index (χ0n) is 9.08. The predicted octanol–water partition coefficient (Wildman–Crippen LogP) is 1.02. The van der Waals surface area contributed by atoms with Crippen molar-refractivity contribution in [1.29, 1.82) is 0 Å². The van der Waals surface area contributed by atoms with Crippen molar-refractivity contribution in [2.75, 3.05) is 0 Å². The minimum Gasteiger partial charge on any atom is -0.481 e. The number of aliphatic hydroxyl groups is 2. The van der Waals surface area contributed by atoms with Crippen LogP contribution in [-0.2, 0) is 4.79 Å². The highest BCUT2D eigenvalue weighted by atomic mass is 79.9. The molecule has 6 nitrogen and oxygen atoms in total. The Morgan fingerprint density at radius 3 is 2.28 bits per heavy atom. The number of aliphatic carboxylic acids is 1. The van der Waals surface area contributed by atoms with Gasteiger partial charge in [-0.2, -0.15) is 0 Å². The van der Waals surface area contributed by atoms with Crippen molar-refractivity contribution >= 4 is 27.9 Å². The Balaban J connectivity index is 3.01. The number of hydrogen-bond donors (Lipinski definition) is 4. The van der Waals surface area contributed by atoms with Crippen LogP contribution in [0.15, 0.2) is 22.7 Å². The number of halogens is 1. The Kier molecular flexibility index (Phi) is 4.83. The normalized spacial score (nSPS) is 13.9. The maximum Gasteiger partial charge on any atom is 0.335 e. The first kappa shape index (κ1) is 14.6. The lowest BCUT2D eigenvalue weighted by Gasteiger charge is -2.17. The number of carboxylic acids is 2. The van der Waals surface area contributed by atoms with Gasteiger partial charge in [0.05, 0.1) is 18.1 Å². The van der Waals surface area contributed by atoms with E-state index in [2.05, 4.69) is 15.9 Å². The third-order valence-electron chi connectivity index (χ3n) is 2.26. The summed E-state index contributed by atoms with van der Waals surface area (Å²) in [6, 6.07) is 3.94. The summed E-state index contributed by atoms with van der Waals surface area (Å²) >= 11 is 3.08. The van der Waals surface area contributed by atoms with Crippen LogP contribution in [0.5, 0.6) is 0 Å². The fourth-order valence-corrected chi connectivity index (χ4v) is 1.93. The van der Waals surface area contributed by atoms with Gasteiger partial charge in [-0.15, -0.1) is 0 Å². The largest absolute Gasteiger partial charge is 0.481 e. The fourth-order valence-electron chi connectivity index (χ4n) is 1.42. The molecule has 2 atom stereocenters. The van der Waals surface area contributed by atoms with Crippen LogP contribution in [0.3, 0.4) is 0 Å². The summed E-state index contributed by atoms with van der Waals surface area (Å²) in [5, 5.41) is 36.6. The number of carbonyl (C=O) groups is 2. The quantitative estimate of drug-likeness (QED) is 0.644. The SMILES string of the molecule is O=C(O)CC(O)C(O)c1cc(Br)cc(C(=O)O)c1. The summed E-state index contributed by atoms with van der Waals surface area (Å²) < 4.78 is 0.416. The first-order chi connectivity index (χ1) is 8.31. The second-order valence-electron chi connectivity index (χ2n) is 3.69. The molecule has 0 fully saturated rings. The van der Waals surface area contributed by atoms with Crippen molar-refractivity contribution < 1.29 is 30.0 Å². The predicted molar refractivity (Wildman–Crippen MR) is 64.3 cm³/mol. The standard InChI is InChI=1S/C11H11BrO6/c12-7-2-5(1-6(3-7)11(17)18)10(16)8(13)4-9(14)15/h1-3,8,10,13,16H,4H2,(H,14,15)(H,17,18). The first-order valence-electron chi connectivity index (χ1n) is 4.93. The number of aliphatic hydroxyl groups excluding tert-OH is 2. The van der Waals surface area contributed by atoms with Gasteiger partial charge in [-0.05, 0) is 23.8 Å². The van der Waals surface area contributed by atoms with E-state index >= 15 is 0 Å². The van der Waals surface area contributed by atoms with Crippen LogP contribution >= 0.6 is 15.9 Å². The number of aromatic carboxylic acids is 1. The summed E-state index contributed by atoms with van der Waals surface area (Å²) in [6.45, 7) is 0. The highest BCUT2D eigenvalue weighted by molar-refractivity contribution is 9.10. The van der Waals surface area contributed by atoms with E-state index in [9.17, 15) is 19.8 Å². The highest BCUT2D eigenvalue weighted by Crippen LogP contribution is 2.24. The van der Waals surface area contributed by atoms with Crippen LogP contribution < -0.4 is 0 Å². The molecule has 1 rings (SSSR count). The molecule has 0 saturated heterocycles. The van der Waals surface area contributed by atoms with Crippen LogP contribution in [0.25, 0.3) is 0 Å². The molecule has 0 heterocycles. The highest BCUT2D eigenvalue weighted by Gasteiger charge is 2.22. The first-order valence-corrected chi connectivity index (χ1v) is 5.72. The summed E-state index contributed by atoms with van der Waals surface area (Å²) in [5.74, 6) is -2.44. The third-order valence-corrected chi connectivity index (χ3v) is 2.71. The van der Waals surface area contributed by atoms with Crippen LogP contribution in [0.2, 0.25) is 0 Å². The van der Waals surface area contributed by atoms with Crippen LogP contribution in [-0.4, -0.2) is 38.5 Å². The van der Waals surface area contributed by atoms with E-state index < -0.39 is 30.6 Å². The van der Waals surface area contributed by atoms with Gasteiger partial charge in [-0.25, -0.2) is 4.79 Å². The molecule has 2 unspecified atom stereocenters. The lowest BCUT2D eigenvalue weighted by molar-refractivity contribution is -0.141. The van der Waals surface area contributed by atoms with Crippen LogP contribution in [0, 0.1) is 0 Å². The molecule has 0 aromatic heterocycles. The number of benzene rings is 1. The number of rotatable bonds is 5. The molecule has 1 aromatic rings. The van der Waals surface area contributed by atoms with Gasteiger partial charge in [-0.1, -0.05) is 15.9 Å². The molecule has 18 heavy (non-hydrogen) atoms. The van der Waals surface area contributed by atoms with Gasteiger partial charge in [0.1, 0.15) is 6.10 Å². The van der Waals surface area contributed by atoms with Crippen molar-refractivity contribution in [1.82, 2.24) is 0 Å². The molecule has 7 heteroatoms. The van der Waals surface area contributed by atoms with Gasteiger partial charge in [-0.3, -0.25) is 4.79 Å². The van der Waals surface area contributed by atoms with Gasteiger partial charge in [0, 0.05) is 4.47 Å². The van der Waals surface area contributed by atoms with E-state index in [1.807, 2.05) is 0 Å². The van der Waals surface area contributed by atoms with Crippen LogP contribution in [0.1, 0.15) is 28.4 Å². The lowest BCUT2D eigenvalue weighted by Crippen LogP contribution is -2.22. The Morgan fingerprint density at radius 1 is 1.17 bits per heavy atom. The van der Waals surface area contributed by atoms with E-state index in [1.54, 1.807) is 0 Å². The molecular formula is C11H11BrO6. The average molecular weight is 319 g/mol. The van der Waals surface area contributed by atoms with Crippen molar-refractivity contribution in [3.05, 3.63) is 33.8 Å². The molecule has 4 N–H and O–H groups in total. The summed E-state index contributed by atoms with van der Waals surface area (Å²) in [4.78, 5) is 21.2. The van der Waals surface area contributed by atoms with Crippen molar-refractivity contribution in [2.24, 2.45) is 0 Å². The van der Waals surface area contributed by atoms with Crippen molar-refractivity contribution in [2.45, 2.75) is 18.6 Å². The van der Waals surface area contributed by atoms with Gasteiger partial charge in [0.2, 0.25) is 0 Å². The summed E-state index contributed by atoms with van der Waals surface area (Å²) in [6.07, 6.45) is -3.59. The minimum atomic E-state index is -1.50. The minimum absolute atomic E-state index is 0.0686. The Hall–Kier alpha value is -1.44. The molecule has 0 bridgehead atoms. The topological polar surface area (TPSA) is 115 Å². The lowest BCUT2D eigenvalue weighted by atomic mass is 10.0. The maximum absolute atomic E-state index is 10.8. The molecule has 0 spiro atoms. The van der Waals surface area contributed by atoms with E-state index in [1.165, 1.54) is 18.2 Å². The summed E-state index contributed by atoms with van der Waals surface area (Å²) in [5.41, 5.74) is 0.0662. The average Bonchev–Trinajstić information content (AvgIpc) is 2.26. The fraction of sp³-hybridized carbons (Fsp3) is 0.273. The van der Waals surface area contributed by atoms with Crippen molar-refractivity contribution in [3.8, 4) is 0 Å². The number of hydrogen-bond acceptors (Lipinski definition) is 4. The third kappa shape index (κ3) is 3.80. The second-order valence-corrected chi connectivity index (χ2v) is 4.60. The van der Waals surface area contributed by atoms with E-state index in [0.29, 0.717) is 4.47 Å². The smallest absolute Gasteiger partial charge is 0.335 e. The molecule has 98 valence electrons. The van der Waals surface area contributed by atoms with Gasteiger partial charge < -0.3 is 20.4 Å². The second kappa shape index (κ2) is 5.94. The van der Waals surface area contributed by atoms with Gasteiger partial charge in [0.15, 0.2) is 0 Å². The Labute approximate surface area is 111 Å². The molecule has 1 aromatic carbocycles. The summed E-state index contributed by atoms with van der Waals surface area (Å²) in [7, 11) is 0. The molecule has 0 aliphatic carbocycles.